The van der Waals surface area contributed by atoms with Crippen molar-refractivity contribution in [2.45, 2.75) is 26.9 Å². The molecule has 2 rings (SSSR count). The van der Waals surface area contributed by atoms with E-state index < -0.39 is 6.10 Å². The van der Waals surface area contributed by atoms with Gasteiger partial charge in [0.15, 0.2) is 6.10 Å². The first-order valence-corrected chi connectivity index (χ1v) is 7.10. The second-order valence-corrected chi connectivity index (χ2v) is 5.18. The Bertz CT molecular complexity index is 677. The van der Waals surface area contributed by atoms with Crippen molar-refractivity contribution in [3.05, 3.63) is 59.2 Å². The number of rotatable bonds is 5. The van der Waals surface area contributed by atoms with Crippen LogP contribution in [0, 0.1) is 13.8 Å². The highest BCUT2D eigenvalue weighted by Crippen LogP contribution is 2.19. The first-order valence-electron chi connectivity index (χ1n) is 7.10. The molecule has 0 bridgehead atoms. The molecule has 4 heteroatoms. The van der Waals surface area contributed by atoms with Crippen molar-refractivity contribution in [3.63, 3.8) is 0 Å². The summed E-state index contributed by atoms with van der Waals surface area (Å²) >= 11 is 0. The number of ether oxygens (including phenoxy) is 1. The van der Waals surface area contributed by atoms with E-state index in [9.17, 15) is 9.59 Å². The highest BCUT2D eigenvalue weighted by Gasteiger charge is 2.16. The Hall–Kier alpha value is -2.62. The van der Waals surface area contributed by atoms with Gasteiger partial charge in [0.2, 0.25) is 0 Å². The van der Waals surface area contributed by atoms with Crippen molar-refractivity contribution in [1.29, 1.82) is 0 Å². The number of hydrogen-bond donors (Lipinski definition) is 1. The molecular formula is C18H19NO3. The van der Waals surface area contributed by atoms with Gasteiger partial charge in [0.25, 0.3) is 5.91 Å². The summed E-state index contributed by atoms with van der Waals surface area (Å²) in [4.78, 5) is 22.8. The number of nitrogens with one attached hydrogen (secondary N) is 1. The van der Waals surface area contributed by atoms with Crippen LogP contribution in [-0.2, 0) is 4.79 Å². The number of aldehydes is 1. The molecule has 22 heavy (non-hydrogen) atoms. The minimum absolute atomic E-state index is 0.215. The van der Waals surface area contributed by atoms with Crippen molar-refractivity contribution in [2.75, 3.05) is 5.32 Å². The normalized spacial score (nSPS) is 11.6. The van der Waals surface area contributed by atoms with E-state index in [-0.39, 0.29) is 5.91 Å². The van der Waals surface area contributed by atoms with Crippen LogP contribution in [0.5, 0.6) is 5.75 Å². The van der Waals surface area contributed by atoms with Crippen molar-refractivity contribution in [2.24, 2.45) is 0 Å². The van der Waals surface area contributed by atoms with Gasteiger partial charge in [-0.2, -0.15) is 0 Å². The van der Waals surface area contributed by atoms with E-state index in [1.165, 1.54) is 0 Å². The summed E-state index contributed by atoms with van der Waals surface area (Å²) in [7, 11) is 0. The van der Waals surface area contributed by atoms with Crippen LogP contribution in [0.4, 0.5) is 5.69 Å². The Kier molecular flexibility index (Phi) is 4.94. The number of hydrogen-bond acceptors (Lipinski definition) is 3. The average Bonchev–Trinajstić information content (AvgIpc) is 2.52. The van der Waals surface area contributed by atoms with Crippen LogP contribution in [0.3, 0.4) is 0 Å². The quantitative estimate of drug-likeness (QED) is 0.859. The monoisotopic (exact) mass is 297 g/mol. The molecular weight excluding hydrogens is 278 g/mol. The highest BCUT2D eigenvalue weighted by molar-refractivity contribution is 5.94. The Morgan fingerprint density at radius 3 is 2.45 bits per heavy atom. The Labute approximate surface area is 130 Å². The van der Waals surface area contributed by atoms with E-state index in [1.54, 1.807) is 31.2 Å². The van der Waals surface area contributed by atoms with E-state index in [4.69, 9.17) is 4.74 Å². The smallest absolute Gasteiger partial charge is 0.265 e. The Morgan fingerprint density at radius 1 is 1.14 bits per heavy atom. The summed E-state index contributed by atoms with van der Waals surface area (Å²) in [5, 5.41) is 2.87. The van der Waals surface area contributed by atoms with Gasteiger partial charge in [0.05, 0.1) is 0 Å². The average molecular weight is 297 g/mol. The van der Waals surface area contributed by atoms with Gasteiger partial charge in [-0.3, -0.25) is 9.59 Å². The topological polar surface area (TPSA) is 55.4 Å². The molecule has 1 atom stereocenters. The first kappa shape index (κ1) is 15.8. The molecule has 0 aliphatic rings. The molecule has 0 aromatic heterocycles. The van der Waals surface area contributed by atoms with Crippen molar-refractivity contribution >= 4 is 17.9 Å². The van der Waals surface area contributed by atoms with Gasteiger partial charge in [-0.25, -0.2) is 0 Å². The van der Waals surface area contributed by atoms with Crippen LogP contribution in [0.1, 0.15) is 28.4 Å². The summed E-state index contributed by atoms with van der Waals surface area (Å²) in [6.45, 7) is 5.65. The fourth-order valence-electron chi connectivity index (χ4n) is 2.00. The summed E-state index contributed by atoms with van der Waals surface area (Å²) in [5.74, 6) is 0.336. The molecule has 4 nitrogen and oxygen atoms in total. The van der Waals surface area contributed by atoms with Gasteiger partial charge in [0, 0.05) is 11.3 Å². The molecule has 1 amide bonds. The summed E-state index contributed by atoms with van der Waals surface area (Å²) in [6, 6.07) is 12.4. The second kappa shape index (κ2) is 6.89. The number of carbonyl (C=O) groups excluding carboxylic acids is 2. The molecule has 0 fully saturated rings. The molecule has 0 spiro atoms. The molecule has 0 saturated heterocycles. The van der Waals surface area contributed by atoms with Crippen LogP contribution in [0.25, 0.3) is 0 Å². The van der Waals surface area contributed by atoms with Crippen LogP contribution in [-0.4, -0.2) is 18.3 Å². The fraction of sp³-hybridized carbons (Fsp3) is 0.222. The van der Waals surface area contributed by atoms with Gasteiger partial charge in [0.1, 0.15) is 12.0 Å². The van der Waals surface area contributed by atoms with Crippen LogP contribution in [0.15, 0.2) is 42.5 Å². The molecule has 2 aromatic carbocycles. The lowest BCUT2D eigenvalue weighted by Crippen LogP contribution is -2.30. The predicted molar refractivity (Wildman–Crippen MR) is 86.5 cm³/mol. The zero-order valence-electron chi connectivity index (χ0n) is 12.9. The number of benzene rings is 2. The van der Waals surface area contributed by atoms with Crippen LogP contribution in [0.2, 0.25) is 0 Å². The minimum atomic E-state index is -0.637. The number of amides is 1. The maximum absolute atomic E-state index is 12.2. The molecule has 0 heterocycles. The van der Waals surface area contributed by atoms with Gasteiger partial charge in [-0.1, -0.05) is 12.1 Å². The summed E-state index contributed by atoms with van der Waals surface area (Å²) in [6.07, 6.45) is 0.127. The lowest BCUT2D eigenvalue weighted by atomic mass is 10.1. The lowest BCUT2D eigenvalue weighted by Gasteiger charge is -2.16. The fourth-order valence-corrected chi connectivity index (χ4v) is 2.00. The highest BCUT2D eigenvalue weighted by atomic mass is 16.5. The zero-order chi connectivity index (χ0) is 16.1. The number of carbonyl (C=O) groups is 2. The molecule has 1 N–H and O–H groups in total. The molecule has 1 unspecified atom stereocenters. The first-order chi connectivity index (χ1) is 10.5. The van der Waals surface area contributed by atoms with Gasteiger partial charge >= 0.3 is 0 Å². The van der Waals surface area contributed by atoms with Crippen molar-refractivity contribution < 1.29 is 14.3 Å². The van der Waals surface area contributed by atoms with E-state index in [2.05, 4.69) is 5.32 Å². The molecule has 2 aromatic rings. The number of anilines is 1. The molecule has 114 valence electrons. The van der Waals surface area contributed by atoms with Gasteiger partial charge < -0.3 is 10.1 Å². The Balaban J connectivity index is 2.02. The maximum atomic E-state index is 12.2. The van der Waals surface area contributed by atoms with E-state index >= 15 is 0 Å². The largest absolute Gasteiger partial charge is 0.481 e. The molecule has 0 saturated carbocycles. The third-order valence-electron chi connectivity index (χ3n) is 3.56. The van der Waals surface area contributed by atoms with Crippen LogP contribution < -0.4 is 10.1 Å². The zero-order valence-corrected chi connectivity index (χ0v) is 12.9. The van der Waals surface area contributed by atoms with E-state index in [0.717, 1.165) is 23.1 Å². The third kappa shape index (κ3) is 3.73. The van der Waals surface area contributed by atoms with Gasteiger partial charge in [-0.15, -0.1) is 0 Å². The predicted octanol–water partition coefficient (Wildman–Crippen LogP) is 3.52. The van der Waals surface area contributed by atoms with Gasteiger partial charge in [-0.05, 0) is 62.2 Å². The standard InChI is InChI=1S/C18H19NO3/c1-12-5-4-6-17(13(12)2)19-18(21)14(3)22-16-9-7-15(11-20)8-10-16/h4-11,14H,1-3H3,(H,19,21). The van der Waals surface area contributed by atoms with Crippen molar-refractivity contribution in [1.82, 2.24) is 0 Å². The summed E-state index contributed by atoms with van der Waals surface area (Å²) in [5.41, 5.74) is 3.52. The molecule has 0 aliphatic carbocycles. The second-order valence-electron chi connectivity index (χ2n) is 5.18. The van der Waals surface area contributed by atoms with Crippen LogP contribution >= 0.6 is 0 Å². The third-order valence-corrected chi connectivity index (χ3v) is 3.56. The number of aryl methyl sites for hydroxylation is 1. The lowest BCUT2D eigenvalue weighted by molar-refractivity contribution is -0.122. The SMILES string of the molecule is Cc1cccc(NC(=O)C(C)Oc2ccc(C=O)cc2)c1C. The minimum Gasteiger partial charge on any atom is -0.481 e. The maximum Gasteiger partial charge on any atom is 0.265 e. The summed E-state index contributed by atoms with van der Waals surface area (Å²) < 4.78 is 5.59. The molecule has 0 aliphatic heterocycles. The van der Waals surface area contributed by atoms with E-state index in [1.807, 2.05) is 32.0 Å². The van der Waals surface area contributed by atoms with Crippen molar-refractivity contribution in [3.8, 4) is 5.75 Å². The van der Waals surface area contributed by atoms with E-state index in [0.29, 0.717) is 11.3 Å². The molecule has 0 radical (unpaired) electrons. The Morgan fingerprint density at radius 2 is 1.82 bits per heavy atom.